The number of carbonyl (C=O) groups is 1. The van der Waals surface area contributed by atoms with Crippen LogP contribution in [0.4, 0.5) is 9.52 Å². The summed E-state index contributed by atoms with van der Waals surface area (Å²) in [6.07, 6.45) is 8.33. The van der Waals surface area contributed by atoms with Crippen molar-refractivity contribution in [3.8, 4) is 10.4 Å². The van der Waals surface area contributed by atoms with Crippen molar-refractivity contribution < 1.29 is 9.18 Å². The summed E-state index contributed by atoms with van der Waals surface area (Å²) in [7, 11) is 0. The fourth-order valence-corrected chi connectivity index (χ4v) is 4.99. The molecule has 0 radical (unpaired) electrons. The lowest BCUT2D eigenvalue weighted by atomic mass is 9.95. The van der Waals surface area contributed by atoms with Crippen LogP contribution in [0.1, 0.15) is 41.7 Å². The molecule has 2 aromatic rings. The summed E-state index contributed by atoms with van der Waals surface area (Å²) in [5.74, 6) is 0.221. The molecule has 0 unspecified atom stereocenters. The Kier molecular flexibility index (Phi) is 5.51. The van der Waals surface area contributed by atoms with E-state index in [9.17, 15) is 9.18 Å². The third-order valence-electron chi connectivity index (χ3n) is 6.05. The number of hydrogen-bond donors (Lipinski definition) is 1. The molecule has 1 fully saturated rings. The number of fused-ring (bicyclic) bond motifs is 1. The Hall–Kier alpha value is -3.06. The minimum absolute atomic E-state index is 0.0928. The zero-order valence-corrected chi connectivity index (χ0v) is 18.8. The zero-order valence-electron chi connectivity index (χ0n) is 18.0. The average Bonchev–Trinajstić information content (AvgIpc) is 3.38. The molecule has 2 N–H and O–H groups in total. The highest BCUT2D eigenvalue weighted by atomic mass is 32.1. The standard InChI is InChI=1S/C25H25FN4OS/c1-15-3-2-4-17(11-15)23-22(29-25(27)32-23)24(31)30(14-16-5-6-16)10-9-18-13-28-21-8-7-19(26)12-20(18)21/h2-4,7,11-13,16H,5-6,8-10,14H2,1H3,(H2,27,29). The largest absolute Gasteiger partial charge is 0.375 e. The van der Waals surface area contributed by atoms with Gasteiger partial charge in [0, 0.05) is 31.3 Å². The van der Waals surface area contributed by atoms with Gasteiger partial charge in [0.2, 0.25) is 0 Å². The number of nitrogen functional groups attached to an aromatic ring is 1. The molecule has 164 valence electrons. The van der Waals surface area contributed by atoms with Gasteiger partial charge in [-0.1, -0.05) is 41.2 Å². The number of rotatable bonds is 7. The highest BCUT2D eigenvalue weighted by Gasteiger charge is 2.31. The van der Waals surface area contributed by atoms with E-state index in [0.29, 0.717) is 42.7 Å². The molecule has 1 aromatic heterocycles. The predicted molar refractivity (Wildman–Crippen MR) is 127 cm³/mol. The molecule has 0 bridgehead atoms. The van der Waals surface area contributed by atoms with Gasteiger partial charge in [-0.3, -0.25) is 9.79 Å². The van der Waals surface area contributed by atoms with E-state index in [0.717, 1.165) is 45.7 Å². The van der Waals surface area contributed by atoms with Crippen molar-refractivity contribution in [2.24, 2.45) is 10.9 Å². The molecule has 32 heavy (non-hydrogen) atoms. The van der Waals surface area contributed by atoms with Crippen LogP contribution in [0.15, 0.2) is 64.6 Å². The summed E-state index contributed by atoms with van der Waals surface area (Å²) in [5, 5.41) is 0.391. The lowest BCUT2D eigenvalue weighted by Crippen LogP contribution is -2.34. The number of nitrogens with two attached hydrogens (primary N) is 1. The number of benzene rings is 1. The molecule has 1 aliphatic heterocycles. The first kappa shape index (κ1) is 20.8. The van der Waals surface area contributed by atoms with Crippen LogP contribution in [0, 0.1) is 12.8 Å². The van der Waals surface area contributed by atoms with Crippen LogP contribution in [0.3, 0.4) is 0 Å². The maximum absolute atomic E-state index is 13.8. The van der Waals surface area contributed by atoms with Gasteiger partial charge < -0.3 is 10.6 Å². The number of carbonyl (C=O) groups excluding carboxylic acids is 1. The predicted octanol–water partition coefficient (Wildman–Crippen LogP) is 5.47. The Morgan fingerprint density at radius 2 is 2.19 bits per heavy atom. The first-order chi connectivity index (χ1) is 15.5. The Balaban J connectivity index is 1.38. The topological polar surface area (TPSA) is 71.6 Å². The van der Waals surface area contributed by atoms with Crippen LogP contribution in [0.2, 0.25) is 0 Å². The van der Waals surface area contributed by atoms with E-state index < -0.39 is 0 Å². The van der Waals surface area contributed by atoms with E-state index in [2.05, 4.69) is 16.0 Å². The van der Waals surface area contributed by atoms with Gasteiger partial charge in [-0.15, -0.1) is 0 Å². The number of nitrogens with zero attached hydrogens (tertiary/aromatic N) is 3. The molecule has 0 atom stereocenters. The van der Waals surface area contributed by atoms with Gasteiger partial charge in [0.1, 0.15) is 11.5 Å². The molecule has 1 saturated carbocycles. The van der Waals surface area contributed by atoms with Gasteiger partial charge in [0.05, 0.1) is 10.6 Å². The van der Waals surface area contributed by atoms with Gasteiger partial charge in [-0.25, -0.2) is 9.37 Å². The average molecular weight is 449 g/mol. The molecule has 5 rings (SSSR count). The Morgan fingerprint density at radius 1 is 1.34 bits per heavy atom. The van der Waals surface area contributed by atoms with E-state index in [-0.39, 0.29) is 11.7 Å². The number of aryl methyl sites for hydroxylation is 1. The van der Waals surface area contributed by atoms with Crippen LogP contribution < -0.4 is 5.73 Å². The molecule has 1 amide bonds. The third-order valence-corrected chi connectivity index (χ3v) is 6.98. The highest BCUT2D eigenvalue weighted by Crippen LogP contribution is 2.36. The summed E-state index contributed by atoms with van der Waals surface area (Å²) < 4.78 is 13.8. The first-order valence-corrected chi connectivity index (χ1v) is 11.8. The molecule has 0 spiro atoms. The van der Waals surface area contributed by atoms with Crippen molar-refractivity contribution in [1.29, 1.82) is 0 Å². The number of amides is 1. The SMILES string of the molecule is Cc1cccc(-c2sc(N)nc2C(=O)N(CCC2=CN=C3CC=C(F)C=C23)CC2CC2)c1. The van der Waals surface area contributed by atoms with Crippen LogP contribution in [0.5, 0.6) is 0 Å². The van der Waals surface area contributed by atoms with E-state index in [1.54, 1.807) is 12.2 Å². The number of thiazole rings is 1. The van der Waals surface area contributed by atoms with Crippen molar-refractivity contribution in [2.45, 2.75) is 32.6 Å². The molecule has 5 nitrogen and oxygen atoms in total. The van der Waals surface area contributed by atoms with Crippen molar-refractivity contribution in [3.05, 3.63) is 70.8 Å². The third kappa shape index (κ3) is 4.30. The number of aliphatic imine (C=N–C) groups is 1. The summed E-state index contributed by atoms with van der Waals surface area (Å²) >= 11 is 1.35. The lowest BCUT2D eigenvalue weighted by molar-refractivity contribution is 0.0745. The summed E-state index contributed by atoms with van der Waals surface area (Å²) in [5.41, 5.74) is 11.3. The van der Waals surface area contributed by atoms with Gasteiger partial charge >= 0.3 is 0 Å². The second-order valence-electron chi connectivity index (χ2n) is 8.63. The number of anilines is 1. The number of hydrogen-bond acceptors (Lipinski definition) is 5. The quantitative estimate of drug-likeness (QED) is 0.611. The van der Waals surface area contributed by atoms with Gasteiger partial charge in [0.25, 0.3) is 5.91 Å². The molecule has 0 saturated heterocycles. The van der Waals surface area contributed by atoms with E-state index >= 15 is 0 Å². The van der Waals surface area contributed by atoms with Crippen molar-refractivity contribution in [1.82, 2.24) is 9.88 Å². The normalized spacial score (nSPS) is 17.3. The molecule has 1 aromatic carbocycles. The van der Waals surface area contributed by atoms with Crippen molar-refractivity contribution in [3.63, 3.8) is 0 Å². The summed E-state index contributed by atoms with van der Waals surface area (Å²) in [6, 6.07) is 8.04. The Labute approximate surface area is 190 Å². The fraction of sp³-hybridized carbons (Fsp3) is 0.320. The zero-order chi connectivity index (χ0) is 22.2. The minimum Gasteiger partial charge on any atom is -0.375 e. The van der Waals surface area contributed by atoms with Crippen LogP contribution in [-0.4, -0.2) is 34.6 Å². The van der Waals surface area contributed by atoms with Gasteiger partial charge in [-0.05, 0) is 55.4 Å². The lowest BCUT2D eigenvalue weighted by Gasteiger charge is -2.23. The number of halogens is 1. The smallest absolute Gasteiger partial charge is 0.274 e. The van der Waals surface area contributed by atoms with E-state index in [1.807, 2.05) is 36.2 Å². The second kappa shape index (κ2) is 8.47. The molecular formula is C25H25FN4OS. The first-order valence-electron chi connectivity index (χ1n) is 10.9. The van der Waals surface area contributed by atoms with Gasteiger partial charge in [-0.2, -0.15) is 0 Å². The van der Waals surface area contributed by atoms with Crippen molar-refractivity contribution in [2.75, 3.05) is 18.8 Å². The minimum atomic E-state index is -0.224. The Morgan fingerprint density at radius 3 is 2.97 bits per heavy atom. The molecule has 2 heterocycles. The summed E-state index contributed by atoms with van der Waals surface area (Å²) in [6.45, 7) is 3.27. The molecule has 3 aliphatic rings. The van der Waals surface area contributed by atoms with Crippen LogP contribution >= 0.6 is 11.3 Å². The maximum Gasteiger partial charge on any atom is 0.274 e. The second-order valence-corrected chi connectivity index (χ2v) is 9.66. The Bertz CT molecular complexity index is 1200. The fourth-order valence-electron chi connectivity index (χ4n) is 4.17. The number of allylic oxidation sites excluding steroid dienone is 4. The van der Waals surface area contributed by atoms with E-state index in [4.69, 9.17) is 5.73 Å². The summed E-state index contributed by atoms with van der Waals surface area (Å²) in [4.78, 5) is 25.2. The van der Waals surface area contributed by atoms with Crippen LogP contribution in [-0.2, 0) is 0 Å². The molecule has 2 aliphatic carbocycles. The highest BCUT2D eigenvalue weighted by molar-refractivity contribution is 7.19. The molecular weight excluding hydrogens is 423 g/mol. The van der Waals surface area contributed by atoms with Crippen molar-refractivity contribution >= 4 is 28.1 Å². The van der Waals surface area contributed by atoms with E-state index in [1.165, 1.54) is 11.3 Å². The maximum atomic E-state index is 13.8. The monoisotopic (exact) mass is 448 g/mol. The molecule has 7 heteroatoms. The van der Waals surface area contributed by atoms with Crippen LogP contribution in [0.25, 0.3) is 10.4 Å². The number of aromatic nitrogens is 1. The van der Waals surface area contributed by atoms with Gasteiger partial charge in [0.15, 0.2) is 5.13 Å².